The summed E-state index contributed by atoms with van der Waals surface area (Å²) in [6.45, 7) is 4.44. The van der Waals surface area contributed by atoms with E-state index in [1.54, 1.807) is 24.3 Å². The van der Waals surface area contributed by atoms with Gasteiger partial charge in [0.25, 0.3) is 0 Å². The topological polar surface area (TPSA) is 61.8 Å². The van der Waals surface area contributed by atoms with Crippen LogP contribution in [-0.4, -0.2) is 35.6 Å². The Morgan fingerprint density at radius 1 is 1.40 bits per heavy atom. The van der Waals surface area contributed by atoms with E-state index in [4.69, 9.17) is 17.3 Å². The molecule has 0 aliphatic carbocycles. The van der Waals surface area contributed by atoms with E-state index < -0.39 is 6.10 Å². The number of hydrogen-bond acceptors (Lipinski definition) is 2. The number of aliphatic imine (C=N–C) groups is 1. The fraction of sp³-hybridized carbons (Fsp3) is 0.533. The predicted molar refractivity (Wildman–Crippen MR) is 82.9 cm³/mol. The number of piperidine rings is 1. The molecule has 0 aromatic heterocycles. The lowest BCUT2D eigenvalue weighted by Gasteiger charge is -2.31. The minimum Gasteiger partial charge on any atom is -0.386 e. The minimum absolute atomic E-state index is 0.277. The lowest BCUT2D eigenvalue weighted by molar-refractivity contribution is 0.186. The normalized spacial score (nSPS) is 19.1. The SMILES string of the molecule is CC1CCN(C(N)=NCC(O)c2ccc(Cl)cc2)CC1. The summed E-state index contributed by atoms with van der Waals surface area (Å²) in [4.78, 5) is 6.40. The van der Waals surface area contributed by atoms with Crippen LogP contribution in [0.25, 0.3) is 0 Å². The Bertz CT molecular complexity index is 453. The highest BCUT2D eigenvalue weighted by molar-refractivity contribution is 6.30. The summed E-state index contributed by atoms with van der Waals surface area (Å²) in [5, 5.41) is 10.7. The Balaban J connectivity index is 1.89. The van der Waals surface area contributed by atoms with Gasteiger partial charge in [-0.05, 0) is 36.5 Å². The van der Waals surface area contributed by atoms with E-state index in [9.17, 15) is 5.11 Å². The van der Waals surface area contributed by atoms with Crippen molar-refractivity contribution < 1.29 is 5.11 Å². The number of benzene rings is 1. The van der Waals surface area contributed by atoms with Crippen molar-refractivity contribution in [3.63, 3.8) is 0 Å². The van der Waals surface area contributed by atoms with Crippen LogP contribution in [0, 0.1) is 5.92 Å². The quantitative estimate of drug-likeness (QED) is 0.665. The first-order valence-corrected chi connectivity index (χ1v) is 7.42. The molecule has 20 heavy (non-hydrogen) atoms. The molecule has 110 valence electrons. The van der Waals surface area contributed by atoms with E-state index in [2.05, 4.69) is 16.8 Å². The van der Waals surface area contributed by atoms with Crippen molar-refractivity contribution in [3.05, 3.63) is 34.9 Å². The Morgan fingerprint density at radius 3 is 2.60 bits per heavy atom. The highest BCUT2D eigenvalue weighted by atomic mass is 35.5. The number of nitrogens with zero attached hydrogens (tertiary/aromatic N) is 2. The minimum atomic E-state index is -0.644. The molecule has 1 aromatic rings. The van der Waals surface area contributed by atoms with Gasteiger partial charge in [-0.2, -0.15) is 0 Å². The molecule has 1 aromatic carbocycles. The van der Waals surface area contributed by atoms with Crippen molar-refractivity contribution in [1.29, 1.82) is 0 Å². The molecule has 0 bridgehead atoms. The number of likely N-dealkylation sites (tertiary alicyclic amines) is 1. The molecule has 0 saturated carbocycles. The van der Waals surface area contributed by atoms with E-state index >= 15 is 0 Å². The Hall–Kier alpha value is -1.26. The van der Waals surface area contributed by atoms with Gasteiger partial charge in [-0.1, -0.05) is 30.7 Å². The van der Waals surface area contributed by atoms with Crippen molar-refractivity contribution in [2.24, 2.45) is 16.6 Å². The number of aliphatic hydroxyl groups is 1. The van der Waals surface area contributed by atoms with Crippen LogP contribution < -0.4 is 5.73 Å². The van der Waals surface area contributed by atoms with Crippen molar-refractivity contribution >= 4 is 17.6 Å². The second kappa shape index (κ2) is 6.95. The molecule has 1 aliphatic heterocycles. The van der Waals surface area contributed by atoms with Gasteiger partial charge in [0.15, 0.2) is 5.96 Å². The molecule has 0 amide bonds. The maximum absolute atomic E-state index is 10.1. The number of rotatable bonds is 3. The van der Waals surface area contributed by atoms with Crippen LogP contribution in [0.2, 0.25) is 5.02 Å². The van der Waals surface area contributed by atoms with E-state index in [0.717, 1.165) is 37.4 Å². The van der Waals surface area contributed by atoms with Crippen LogP contribution in [0.1, 0.15) is 31.4 Å². The first-order valence-electron chi connectivity index (χ1n) is 7.04. The fourth-order valence-corrected chi connectivity index (χ4v) is 2.43. The van der Waals surface area contributed by atoms with Crippen LogP contribution >= 0.6 is 11.6 Å². The van der Waals surface area contributed by atoms with Gasteiger partial charge in [-0.15, -0.1) is 0 Å². The van der Waals surface area contributed by atoms with Crippen LogP contribution in [0.5, 0.6) is 0 Å². The zero-order valence-electron chi connectivity index (χ0n) is 11.8. The van der Waals surface area contributed by atoms with Crippen molar-refractivity contribution in [2.45, 2.75) is 25.9 Å². The number of hydrogen-bond donors (Lipinski definition) is 2. The average molecular weight is 296 g/mol. The van der Waals surface area contributed by atoms with Crippen molar-refractivity contribution in [2.75, 3.05) is 19.6 Å². The molecule has 0 radical (unpaired) electrons. The summed E-state index contributed by atoms with van der Waals surface area (Å²) < 4.78 is 0. The Morgan fingerprint density at radius 2 is 2.00 bits per heavy atom. The maximum Gasteiger partial charge on any atom is 0.191 e. The smallest absolute Gasteiger partial charge is 0.191 e. The van der Waals surface area contributed by atoms with E-state index in [0.29, 0.717) is 11.0 Å². The van der Waals surface area contributed by atoms with Crippen LogP contribution in [0.3, 0.4) is 0 Å². The highest BCUT2D eigenvalue weighted by Gasteiger charge is 2.17. The van der Waals surface area contributed by atoms with Crippen LogP contribution in [-0.2, 0) is 0 Å². The van der Waals surface area contributed by atoms with E-state index in [1.807, 2.05) is 0 Å². The zero-order chi connectivity index (χ0) is 14.5. The Labute approximate surface area is 125 Å². The molecular formula is C15H22ClN3O. The molecule has 0 spiro atoms. The van der Waals surface area contributed by atoms with Gasteiger partial charge < -0.3 is 15.7 Å². The molecule has 4 nitrogen and oxygen atoms in total. The summed E-state index contributed by atoms with van der Waals surface area (Å²) in [6, 6.07) is 7.14. The van der Waals surface area contributed by atoms with Gasteiger partial charge in [-0.25, -0.2) is 0 Å². The fourth-order valence-electron chi connectivity index (χ4n) is 2.31. The second-order valence-electron chi connectivity index (χ2n) is 5.44. The highest BCUT2D eigenvalue weighted by Crippen LogP contribution is 2.18. The third-order valence-electron chi connectivity index (χ3n) is 3.79. The number of aliphatic hydroxyl groups excluding tert-OH is 1. The molecule has 1 atom stereocenters. The summed E-state index contributed by atoms with van der Waals surface area (Å²) in [7, 11) is 0. The van der Waals surface area contributed by atoms with Crippen LogP contribution in [0.15, 0.2) is 29.3 Å². The second-order valence-corrected chi connectivity index (χ2v) is 5.87. The molecule has 5 heteroatoms. The van der Waals surface area contributed by atoms with Crippen molar-refractivity contribution in [1.82, 2.24) is 4.90 Å². The van der Waals surface area contributed by atoms with Crippen molar-refractivity contribution in [3.8, 4) is 0 Å². The molecule has 1 saturated heterocycles. The summed E-state index contributed by atoms with van der Waals surface area (Å²) in [5.41, 5.74) is 6.79. The van der Waals surface area contributed by atoms with Gasteiger partial charge in [0.1, 0.15) is 0 Å². The molecule has 3 N–H and O–H groups in total. The standard InChI is InChI=1S/C15H22ClN3O/c1-11-6-8-19(9-7-11)15(17)18-10-14(20)12-2-4-13(16)5-3-12/h2-5,11,14,20H,6-10H2,1H3,(H2,17,18). The van der Waals surface area contributed by atoms with Gasteiger partial charge in [0, 0.05) is 18.1 Å². The third kappa shape index (κ3) is 4.12. The third-order valence-corrected chi connectivity index (χ3v) is 4.04. The first-order chi connectivity index (χ1) is 9.56. The van der Waals surface area contributed by atoms with E-state index in [-0.39, 0.29) is 6.54 Å². The summed E-state index contributed by atoms with van der Waals surface area (Å²) in [5.74, 6) is 1.30. The van der Waals surface area contributed by atoms with Gasteiger partial charge in [0.05, 0.1) is 12.6 Å². The molecule has 1 aliphatic rings. The number of guanidine groups is 1. The van der Waals surface area contributed by atoms with E-state index in [1.165, 1.54) is 0 Å². The maximum atomic E-state index is 10.1. The largest absolute Gasteiger partial charge is 0.386 e. The van der Waals surface area contributed by atoms with Gasteiger partial charge in [0.2, 0.25) is 0 Å². The monoisotopic (exact) mass is 295 g/mol. The summed E-state index contributed by atoms with van der Waals surface area (Å²) in [6.07, 6.45) is 1.65. The molecule has 2 rings (SSSR count). The molecule has 1 heterocycles. The zero-order valence-corrected chi connectivity index (χ0v) is 12.6. The molecular weight excluding hydrogens is 274 g/mol. The lowest BCUT2D eigenvalue weighted by Crippen LogP contribution is -2.42. The first kappa shape index (κ1) is 15.1. The molecule has 1 fully saturated rings. The molecule has 1 unspecified atom stereocenters. The summed E-state index contributed by atoms with van der Waals surface area (Å²) >= 11 is 5.82. The Kier molecular flexibility index (Phi) is 5.26. The van der Waals surface area contributed by atoms with Gasteiger partial charge >= 0.3 is 0 Å². The van der Waals surface area contributed by atoms with Gasteiger partial charge in [-0.3, -0.25) is 4.99 Å². The number of nitrogens with two attached hydrogens (primary N) is 1. The van der Waals surface area contributed by atoms with Crippen LogP contribution in [0.4, 0.5) is 0 Å². The average Bonchev–Trinajstić information content (AvgIpc) is 2.46. The lowest BCUT2D eigenvalue weighted by atomic mass is 10.00. The predicted octanol–water partition coefficient (Wildman–Crippen LogP) is 2.42. The number of halogens is 1.